The van der Waals surface area contributed by atoms with Crippen LogP contribution in [0.4, 0.5) is 13.2 Å². The van der Waals surface area contributed by atoms with Crippen molar-refractivity contribution in [3.63, 3.8) is 0 Å². The molecule has 1 aromatic carbocycles. The van der Waals surface area contributed by atoms with Crippen LogP contribution in [0.1, 0.15) is 65.5 Å². The first-order valence-electron chi connectivity index (χ1n) is 10.5. The maximum atomic E-state index is 13.4. The summed E-state index contributed by atoms with van der Waals surface area (Å²) in [5.41, 5.74) is 1.52. The largest absolute Gasteiger partial charge is 0.416 e. The van der Waals surface area contributed by atoms with Gasteiger partial charge in [-0.2, -0.15) is 18.3 Å². The highest BCUT2D eigenvalue weighted by Gasteiger charge is 2.37. The average molecular weight is 434 g/mol. The number of hydrogen-bond donors (Lipinski definition) is 1. The molecule has 6 nitrogen and oxygen atoms in total. The normalized spacial score (nSPS) is 17.4. The lowest BCUT2D eigenvalue weighted by Gasteiger charge is -2.33. The van der Waals surface area contributed by atoms with Gasteiger partial charge in [-0.3, -0.25) is 14.7 Å². The van der Waals surface area contributed by atoms with E-state index >= 15 is 0 Å². The van der Waals surface area contributed by atoms with E-state index in [1.165, 1.54) is 12.1 Å². The Morgan fingerprint density at radius 1 is 1.10 bits per heavy atom. The van der Waals surface area contributed by atoms with E-state index < -0.39 is 11.7 Å². The molecule has 0 saturated carbocycles. The highest BCUT2D eigenvalue weighted by molar-refractivity contribution is 5.94. The number of hydrogen-bond acceptors (Lipinski definition) is 3. The maximum absolute atomic E-state index is 13.4. The van der Waals surface area contributed by atoms with Gasteiger partial charge in [-0.15, -0.1) is 0 Å². The molecule has 166 valence electrons. The number of nitrogens with zero attached hydrogens (tertiary/aromatic N) is 3. The monoisotopic (exact) mass is 434 g/mol. The molecule has 0 spiro atoms. The second-order valence-electron chi connectivity index (χ2n) is 8.53. The fourth-order valence-corrected chi connectivity index (χ4v) is 4.49. The Morgan fingerprint density at radius 2 is 1.77 bits per heavy atom. The van der Waals surface area contributed by atoms with Crippen molar-refractivity contribution < 1.29 is 22.8 Å². The van der Waals surface area contributed by atoms with Crippen molar-refractivity contribution in [1.82, 2.24) is 20.0 Å². The Labute approximate surface area is 178 Å². The second kappa shape index (κ2) is 8.01. The number of alkyl halides is 3. The van der Waals surface area contributed by atoms with Crippen molar-refractivity contribution in [3.05, 3.63) is 52.3 Å². The summed E-state index contributed by atoms with van der Waals surface area (Å²) < 4.78 is 40.1. The molecule has 1 saturated heterocycles. The highest BCUT2D eigenvalue weighted by atomic mass is 19.4. The number of nitrogens with one attached hydrogen (secondary N) is 1. The molecule has 1 aromatic heterocycles. The van der Waals surface area contributed by atoms with Gasteiger partial charge in [0.05, 0.1) is 24.3 Å². The lowest BCUT2D eigenvalue weighted by molar-refractivity contribution is -0.138. The van der Waals surface area contributed by atoms with Gasteiger partial charge in [-0.1, -0.05) is 32.0 Å². The van der Waals surface area contributed by atoms with Crippen LogP contribution in [0.2, 0.25) is 0 Å². The van der Waals surface area contributed by atoms with Gasteiger partial charge >= 0.3 is 6.18 Å². The average Bonchev–Trinajstić information content (AvgIpc) is 3.33. The molecule has 0 atom stereocenters. The predicted molar refractivity (Wildman–Crippen MR) is 107 cm³/mol. The molecule has 2 aromatic rings. The van der Waals surface area contributed by atoms with Crippen LogP contribution in [-0.4, -0.2) is 44.9 Å². The maximum Gasteiger partial charge on any atom is 0.416 e. The molecule has 0 bridgehead atoms. The summed E-state index contributed by atoms with van der Waals surface area (Å²) in [5.74, 6) is -0.591. The first-order valence-corrected chi connectivity index (χ1v) is 10.5. The van der Waals surface area contributed by atoms with Crippen LogP contribution < -0.4 is 0 Å². The van der Waals surface area contributed by atoms with E-state index in [1.807, 2.05) is 13.8 Å². The lowest BCUT2D eigenvalue weighted by atomic mass is 9.86. The fraction of sp³-hybridized carbons (Fsp3) is 0.500. The zero-order valence-electron chi connectivity index (χ0n) is 17.5. The minimum atomic E-state index is -4.39. The Balaban J connectivity index is 1.44. The third kappa shape index (κ3) is 4.05. The fourth-order valence-electron chi connectivity index (χ4n) is 4.49. The molecule has 2 aliphatic heterocycles. The molecule has 31 heavy (non-hydrogen) atoms. The third-order valence-electron chi connectivity index (χ3n) is 6.15. The highest BCUT2D eigenvalue weighted by Crippen LogP contribution is 2.39. The smallest absolute Gasteiger partial charge is 0.337 e. The lowest BCUT2D eigenvalue weighted by Crippen LogP contribution is -2.39. The minimum Gasteiger partial charge on any atom is -0.337 e. The second-order valence-corrected chi connectivity index (χ2v) is 8.53. The predicted octanol–water partition coefficient (Wildman–Crippen LogP) is 3.95. The van der Waals surface area contributed by atoms with Gasteiger partial charge in [0.2, 0.25) is 5.91 Å². The quantitative estimate of drug-likeness (QED) is 0.796. The summed E-state index contributed by atoms with van der Waals surface area (Å²) in [5, 5.41) is 7.04. The molecule has 2 aliphatic rings. The molecular weight excluding hydrogens is 409 g/mol. The van der Waals surface area contributed by atoms with Crippen molar-refractivity contribution in [2.75, 3.05) is 13.1 Å². The summed E-state index contributed by atoms with van der Waals surface area (Å²) in [4.78, 5) is 28.7. The molecule has 2 amide bonds. The first-order chi connectivity index (χ1) is 14.7. The van der Waals surface area contributed by atoms with Crippen molar-refractivity contribution in [2.45, 2.75) is 51.9 Å². The number of rotatable bonds is 3. The van der Waals surface area contributed by atoms with E-state index in [1.54, 1.807) is 15.9 Å². The van der Waals surface area contributed by atoms with Crippen LogP contribution in [0, 0.1) is 5.92 Å². The molecule has 0 aliphatic carbocycles. The number of carbonyl (C=O) groups is 2. The number of piperidine rings is 1. The van der Waals surface area contributed by atoms with Gasteiger partial charge in [-0.05, 0) is 30.4 Å². The summed E-state index contributed by atoms with van der Waals surface area (Å²) in [6, 6.07) is 5.67. The van der Waals surface area contributed by atoms with Crippen LogP contribution in [0.5, 0.6) is 0 Å². The number of carbonyl (C=O) groups excluding carboxylic acids is 2. The summed E-state index contributed by atoms with van der Waals surface area (Å²) >= 11 is 0. The number of likely N-dealkylation sites (tertiary alicyclic amines) is 1. The van der Waals surface area contributed by atoms with Crippen LogP contribution >= 0.6 is 0 Å². The number of amides is 2. The molecule has 9 heteroatoms. The van der Waals surface area contributed by atoms with Gasteiger partial charge in [0.1, 0.15) is 0 Å². The number of H-pyrrole nitrogens is 1. The van der Waals surface area contributed by atoms with Gasteiger partial charge in [0.15, 0.2) is 5.69 Å². The topological polar surface area (TPSA) is 69.3 Å². The summed E-state index contributed by atoms with van der Waals surface area (Å²) in [6.07, 6.45) is -3.47. The minimum absolute atomic E-state index is 0.0205. The van der Waals surface area contributed by atoms with E-state index in [0.717, 1.165) is 17.3 Å². The van der Waals surface area contributed by atoms with Gasteiger partial charge < -0.3 is 9.80 Å². The van der Waals surface area contributed by atoms with E-state index in [0.29, 0.717) is 50.3 Å². The third-order valence-corrected chi connectivity index (χ3v) is 6.15. The van der Waals surface area contributed by atoms with Gasteiger partial charge in [0, 0.05) is 24.6 Å². The van der Waals surface area contributed by atoms with Gasteiger partial charge in [0.25, 0.3) is 5.91 Å². The molecule has 0 radical (unpaired) electrons. The van der Waals surface area contributed by atoms with Crippen molar-refractivity contribution in [2.24, 2.45) is 5.92 Å². The van der Waals surface area contributed by atoms with Gasteiger partial charge in [-0.25, -0.2) is 0 Å². The number of fused-ring (bicyclic) bond motifs is 1. The first kappa shape index (κ1) is 21.4. The van der Waals surface area contributed by atoms with Crippen LogP contribution in [0.3, 0.4) is 0 Å². The van der Waals surface area contributed by atoms with Crippen molar-refractivity contribution in [3.8, 4) is 0 Å². The molecule has 0 unspecified atom stereocenters. The Kier molecular flexibility index (Phi) is 5.53. The standard InChI is InChI=1S/C22H25F3N4O2/c1-13(2)20(30)29-11-16-18(12-29)26-27-19(16)21(31)28-9-7-14(8-10-28)15-5-3-4-6-17(15)22(23,24)25/h3-6,13-14H,7-12H2,1-2H3,(H,26,27). The van der Waals surface area contributed by atoms with Crippen LogP contribution in [0.15, 0.2) is 24.3 Å². The summed E-state index contributed by atoms with van der Waals surface area (Å²) in [6.45, 7) is 5.15. The Hall–Kier alpha value is -2.84. The van der Waals surface area contributed by atoms with Crippen LogP contribution in [-0.2, 0) is 24.1 Å². The van der Waals surface area contributed by atoms with Crippen molar-refractivity contribution in [1.29, 1.82) is 0 Å². The van der Waals surface area contributed by atoms with E-state index in [-0.39, 0.29) is 23.7 Å². The van der Waals surface area contributed by atoms with E-state index in [9.17, 15) is 22.8 Å². The van der Waals surface area contributed by atoms with E-state index in [4.69, 9.17) is 0 Å². The molecule has 4 rings (SSSR count). The molecular formula is C22H25F3N4O2. The molecule has 1 N–H and O–H groups in total. The molecule has 3 heterocycles. The number of halogens is 3. The zero-order chi connectivity index (χ0) is 22.3. The Morgan fingerprint density at radius 3 is 2.42 bits per heavy atom. The number of aromatic amines is 1. The summed E-state index contributed by atoms with van der Waals surface area (Å²) in [7, 11) is 0. The zero-order valence-corrected chi connectivity index (χ0v) is 17.5. The molecule has 1 fully saturated rings. The SMILES string of the molecule is CC(C)C(=O)N1Cc2[nH]nc(C(=O)N3CCC(c4ccccc4C(F)(F)F)CC3)c2C1. The van der Waals surface area contributed by atoms with Crippen molar-refractivity contribution >= 4 is 11.8 Å². The number of benzene rings is 1. The number of aromatic nitrogens is 2. The van der Waals surface area contributed by atoms with Crippen LogP contribution in [0.25, 0.3) is 0 Å². The Bertz CT molecular complexity index is 991. The van der Waals surface area contributed by atoms with E-state index in [2.05, 4.69) is 10.2 Å².